The molecule has 6 fully saturated rings. The molecule has 19 heteroatoms. The van der Waals surface area contributed by atoms with Crippen LogP contribution >= 0.6 is 0 Å². The Kier molecular flexibility index (Phi) is 14.6. The fourth-order valence-corrected chi connectivity index (χ4v) is 9.01. The predicted molar refractivity (Wildman–Crippen MR) is 181 cm³/mol. The minimum Gasteiger partial charge on any atom is -0.460 e. The van der Waals surface area contributed by atoms with Gasteiger partial charge in [0, 0.05) is 18.4 Å². The van der Waals surface area contributed by atoms with Crippen molar-refractivity contribution in [1.29, 1.82) is 0 Å². The Balaban J connectivity index is 1.16. The summed E-state index contributed by atoms with van der Waals surface area (Å²) >= 11 is 0. The van der Waals surface area contributed by atoms with Crippen molar-refractivity contribution in [2.45, 2.75) is 174 Å². The number of allylic oxidation sites excluding steroid dienone is 1. The summed E-state index contributed by atoms with van der Waals surface area (Å²) in [4.78, 5) is 12.5. The second-order valence-electron chi connectivity index (χ2n) is 16.1. The number of hydrogen-bond donors (Lipinski definition) is 12. The zero-order chi connectivity index (χ0) is 39.7. The molecule has 6 rings (SSSR count). The number of aliphatic hydroxyl groups is 12. The molecule has 0 amide bonds. The quantitative estimate of drug-likeness (QED) is 0.0732. The summed E-state index contributed by atoms with van der Waals surface area (Å²) in [6, 6.07) is 0. The van der Waals surface area contributed by atoms with Crippen molar-refractivity contribution in [1.82, 2.24) is 0 Å². The first-order valence-electron chi connectivity index (χ1n) is 19.4. The van der Waals surface area contributed by atoms with Gasteiger partial charge in [0.2, 0.25) is 0 Å². The molecule has 19 nitrogen and oxygen atoms in total. The van der Waals surface area contributed by atoms with Crippen molar-refractivity contribution in [2.75, 3.05) is 13.2 Å². The van der Waals surface area contributed by atoms with Crippen LogP contribution in [0, 0.1) is 17.8 Å². The van der Waals surface area contributed by atoms with Gasteiger partial charge in [0.15, 0.2) is 12.6 Å². The van der Waals surface area contributed by atoms with Gasteiger partial charge < -0.3 is 89.7 Å². The molecule has 18 atom stereocenters. The van der Waals surface area contributed by atoms with Gasteiger partial charge in [0.1, 0.15) is 61.5 Å². The van der Waals surface area contributed by atoms with Crippen LogP contribution in [0.4, 0.5) is 0 Å². The standard InChI is InChI=1S/C36H58O19/c37-12-24-28(44)30(46)32(48)36(54-24)53-23-11-18-21(51-34(23)15-7-19(40)27(43)20(41)8-15)9-17(39)10-22(18)52-35-33(49)31(47)29(45)25(55-35)13-50-26(42)6-3-14-1-4-16(38)5-2-14/h3,6,14-25,27-41,43-49H,1-2,4-5,7-13H2. The molecule has 0 radical (unpaired) electrons. The first-order chi connectivity index (χ1) is 26.1. The molecular weight excluding hydrogens is 736 g/mol. The molecule has 12 N–H and O–H groups in total. The van der Waals surface area contributed by atoms with Crippen LogP contribution < -0.4 is 0 Å². The Hall–Kier alpha value is -1.47. The summed E-state index contributed by atoms with van der Waals surface area (Å²) in [5.41, 5.74) is 0. The van der Waals surface area contributed by atoms with E-state index in [0.717, 1.165) is 12.8 Å². The van der Waals surface area contributed by atoms with Crippen LogP contribution in [0.5, 0.6) is 0 Å². The summed E-state index contributed by atoms with van der Waals surface area (Å²) in [6.07, 6.45) is -19.2. The van der Waals surface area contributed by atoms with Gasteiger partial charge in [0.25, 0.3) is 0 Å². The van der Waals surface area contributed by atoms with Crippen LogP contribution in [0.3, 0.4) is 0 Å². The van der Waals surface area contributed by atoms with Gasteiger partial charge in [-0.05, 0) is 63.2 Å². The van der Waals surface area contributed by atoms with Gasteiger partial charge in [-0.25, -0.2) is 4.79 Å². The molecule has 0 aromatic heterocycles. The number of hydrogen-bond acceptors (Lipinski definition) is 19. The largest absolute Gasteiger partial charge is 0.460 e. The van der Waals surface area contributed by atoms with Gasteiger partial charge in [-0.1, -0.05) is 6.08 Å². The van der Waals surface area contributed by atoms with E-state index in [4.69, 9.17) is 28.4 Å². The molecule has 3 saturated carbocycles. The normalized spacial score (nSPS) is 51.1. The zero-order valence-electron chi connectivity index (χ0n) is 30.4. The van der Waals surface area contributed by atoms with Crippen molar-refractivity contribution in [2.24, 2.45) is 17.8 Å². The van der Waals surface area contributed by atoms with Crippen molar-refractivity contribution < 1.29 is 94.5 Å². The Bertz CT molecular complexity index is 1250. The van der Waals surface area contributed by atoms with Gasteiger partial charge in [-0.3, -0.25) is 0 Å². The average Bonchev–Trinajstić information content (AvgIpc) is 3.16. The highest BCUT2D eigenvalue weighted by molar-refractivity contribution is 5.81. The van der Waals surface area contributed by atoms with Crippen molar-refractivity contribution >= 4 is 5.97 Å². The van der Waals surface area contributed by atoms with Crippen LogP contribution in [0.2, 0.25) is 0 Å². The smallest absolute Gasteiger partial charge is 0.330 e. The predicted octanol–water partition coefficient (Wildman–Crippen LogP) is -4.56. The molecule has 316 valence electrons. The van der Waals surface area contributed by atoms with E-state index in [0.29, 0.717) is 12.8 Å². The molecular formula is C36H58O19. The van der Waals surface area contributed by atoms with Crippen LogP contribution in [-0.4, -0.2) is 197 Å². The second kappa shape index (κ2) is 18.6. The van der Waals surface area contributed by atoms with Crippen LogP contribution in [0.1, 0.15) is 57.8 Å². The minimum absolute atomic E-state index is 0.00286. The number of carbonyl (C=O) groups is 1. The van der Waals surface area contributed by atoms with Crippen molar-refractivity contribution in [3.63, 3.8) is 0 Å². The fourth-order valence-electron chi connectivity index (χ4n) is 9.01. The summed E-state index contributed by atoms with van der Waals surface area (Å²) < 4.78 is 35.7. The molecule has 0 bridgehead atoms. The highest BCUT2D eigenvalue weighted by atomic mass is 16.7. The van der Waals surface area contributed by atoms with E-state index in [2.05, 4.69) is 0 Å². The highest BCUT2D eigenvalue weighted by Gasteiger charge is 2.54. The maximum absolute atomic E-state index is 12.5. The van der Waals surface area contributed by atoms with Gasteiger partial charge in [-0.2, -0.15) is 0 Å². The van der Waals surface area contributed by atoms with E-state index in [1.165, 1.54) is 6.08 Å². The van der Waals surface area contributed by atoms with E-state index < -0.39 is 141 Å². The lowest BCUT2D eigenvalue weighted by molar-refractivity contribution is -0.345. The van der Waals surface area contributed by atoms with Gasteiger partial charge in [0.05, 0.1) is 55.4 Å². The van der Waals surface area contributed by atoms with E-state index >= 15 is 0 Å². The average molecular weight is 795 g/mol. The number of esters is 1. The molecule has 3 heterocycles. The van der Waals surface area contributed by atoms with E-state index in [9.17, 15) is 66.1 Å². The van der Waals surface area contributed by atoms with Gasteiger partial charge >= 0.3 is 5.97 Å². The molecule has 0 aromatic rings. The molecule has 3 aliphatic heterocycles. The summed E-state index contributed by atoms with van der Waals surface area (Å²) in [5.74, 6) is -1.85. The maximum Gasteiger partial charge on any atom is 0.330 e. The lowest BCUT2D eigenvalue weighted by Gasteiger charge is -2.52. The van der Waals surface area contributed by atoms with E-state index in [-0.39, 0.29) is 44.1 Å². The number of rotatable bonds is 10. The highest BCUT2D eigenvalue weighted by Crippen LogP contribution is 2.45. The molecule has 3 aliphatic carbocycles. The van der Waals surface area contributed by atoms with Crippen molar-refractivity contribution in [3.05, 3.63) is 12.2 Å². The van der Waals surface area contributed by atoms with E-state index in [1.807, 2.05) is 0 Å². The summed E-state index contributed by atoms with van der Waals surface area (Å²) in [6.45, 7) is -1.20. The van der Waals surface area contributed by atoms with Crippen LogP contribution in [0.15, 0.2) is 12.2 Å². The molecule has 6 aliphatic rings. The van der Waals surface area contributed by atoms with E-state index in [1.54, 1.807) is 6.08 Å². The first-order valence-corrected chi connectivity index (χ1v) is 19.4. The monoisotopic (exact) mass is 794 g/mol. The fraction of sp³-hybridized carbons (Fsp3) is 0.917. The molecule has 55 heavy (non-hydrogen) atoms. The Morgan fingerprint density at radius 1 is 0.600 bits per heavy atom. The summed E-state index contributed by atoms with van der Waals surface area (Å²) in [5, 5.41) is 126. The Labute approximate surface area is 317 Å². The lowest BCUT2D eigenvalue weighted by Crippen LogP contribution is -2.63. The number of carbonyl (C=O) groups excluding carboxylic acids is 1. The zero-order valence-corrected chi connectivity index (χ0v) is 30.4. The third-order valence-corrected chi connectivity index (χ3v) is 12.3. The Morgan fingerprint density at radius 2 is 1.18 bits per heavy atom. The minimum atomic E-state index is -1.77. The molecule has 18 unspecified atom stereocenters. The first kappa shape index (κ1) is 43.1. The molecule has 0 aromatic carbocycles. The number of aliphatic hydroxyl groups excluding tert-OH is 12. The SMILES string of the molecule is O=C(C=CC1CCC(O)CC1)OCC1OC(OC2CC(O)CC3OC(C4CC(O)C(O)C(O)C4)C(OC4OC(CO)C(O)C(O)C4O)CC23)C(O)C(O)C1O. The summed E-state index contributed by atoms with van der Waals surface area (Å²) in [7, 11) is 0. The lowest BCUT2D eigenvalue weighted by atomic mass is 9.72. The topological polar surface area (TPSA) is 315 Å². The second-order valence-corrected chi connectivity index (χ2v) is 16.1. The third kappa shape index (κ3) is 9.88. The third-order valence-electron chi connectivity index (χ3n) is 12.3. The molecule has 0 spiro atoms. The van der Waals surface area contributed by atoms with Crippen LogP contribution in [-0.2, 0) is 33.2 Å². The van der Waals surface area contributed by atoms with Crippen LogP contribution in [0.25, 0.3) is 0 Å². The number of ether oxygens (including phenoxy) is 6. The van der Waals surface area contributed by atoms with Crippen molar-refractivity contribution in [3.8, 4) is 0 Å². The maximum atomic E-state index is 12.5. The number of fused-ring (bicyclic) bond motifs is 1. The Morgan fingerprint density at radius 3 is 1.80 bits per heavy atom. The molecule has 3 saturated heterocycles. The van der Waals surface area contributed by atoms with Gasteiger partial charge in [-0.15, -0.1) is 0 Å².